The molecule has 2 amide bonds. The summed E-state index contributed by atoms with van der Waals surface area (Å²) in [4.78, 5) is 26.9. The molecule has 1 heterocycles. The van der Waals surface area contributed by atoms with Crippen molar-refractivity contribution in [2.75, 3.05) is 25.1 Å². The molecule has 1 N–H and O–H groups in total. The maximum absolute atomic E-state index is 12.8. The fourth-order valence-electron chi connectivity index (χ4n) is 3.48. The number of ether oxygens (including phenoxy) is 1. The maximum atomic E-state index is 12.8. The van der Waals surface area contributed by atoms with Crippen LogP contribution in [-0.4, -0.2) is 42.5 Å². The van der Waals surface area contributed by atoms with E-state index < -0.39 is 0 Å². The van der Waals surface area contributed by atoms with Crippen molar-refractivity contribution < 1.29 is 14.3 Å². The summed E-state index contributed by atoms with van der Waals surface area (Å²) in [5.74, 6) is -0.0515. The van der Waals surface area contributed by atoms with Crippen LogP contribution in [0.5, 0.6) is 0 Å². The van der Waals surface area contributed by atoms with Crippen molar-refractivity contribution in [1.29, 1.82) is 0 Å². The molecule has 1 aliphatic heterocycles. The minimum Gasteiger partial charge on any atom is -0.377 e. The van der Waals surface area contributed by atoms with Gasteiger partial charge in [0.2, 0.25) is 5.91 Å². The Kier molecular flexibility index (Phi) is 6.82. The summed E-state index contributed by atoms with van der Waals surface area (Å²) < 4.78 is 5.40. The summed E-state index contributed by atoms with van der Waals surface area (Å²) in [6.45, 7) is 5.79. The van der Waals surface area contributed by atoms with Crippen LogP contribution in [0.4, 0.5) is 5.69 Å². The summed E-state index contributed by atoms with van der Waals surface area (Å²) in [7, 11) is 0. The van der Waals surface area contributed by atoms with Crippen LogP contribution < -0.4 is 5.32 Å². The van der Waals surface area contributed by atoms with E-state index in [0.29, 0.717) is 37.4 Å². The Morgan fingerprint density at radius 3 is 2.79 bits per heavy atom. The summed E-state index contributed by atoms with van der Waals surface area (Å²) >= 11 is 0. The lowest BCUT2D eigenvalue weighted by molar-refractivity contribution is -0.116. The first-order valence-corrected chi connectivity index (χ1v) is 9.88. The topological polar surface area (TPSA) is 58.6 Å². The molecule has 0 bridgehead atoms. The highest BCUT2D eigenvalue weighted by molar-refractivity contribution is 5.97. The van der Waals surface area contributed by atoms with Crippen LogP contribution >= 0.6 is 0 Å². The van der Waals surface area contributed by atoms with Crippen LogP contribution in [0, 0.1) is 6.92 Å². The number of amides is 2. The van der Waals surface area contributed by atoms with Crippen molar-refractivity contribution in [3.05, 3.63) is 65.2 Å². The first kappa shape index (κ1) is 20.1. The molecular weight excluding hydrogens is 352 g/mol. The average Bonchev–Trinajstić information content (AvgIpc) is 2.69. The van der Waals surface area contributed by atoms with Gasteiger partial charge in [0.1, 0.15) is 0 Å². The first-order valence-electron chi connectivity index (χ1n) is 9.88. The molecule has 1 saturated heterocycles. The number of benzene rings is 2. The molecule has 1 aliphatic rings. The van der Waals surface area contributed by atoms with Gasteiger partial charge in [-0.05, 0) is 56.0 Å². The number of carbonyl (C=O) groups excluding carboxylic acids is 2. The van der Waals surface area contributed by atoms with E-state index in [0.717, 1.165) is 12.8 Å². The van der Waals surface area contributed by atoms with E-state index in [2.05, 4.69) is 24.4 Å². The molecule has 0 aliphatic carbocycles. The Morgan fingerprint density at radius 2 is 2.00 bits per heavy atom. The lowest BCUT2D eigenvalue weighted by Crippen LogP contribution is -2.47. The van der Waals surface area contributed by atoms with Crippen LogP contribution in [0.2, 0.25) is 0 Å². The number of rotatable bonds is 6. The zero-order valence-corrected chi connectivity index (χ0v) is 16.6. The summed E-state index contributed by atoms with van der Waals surface area (Å²) in [5, 5.41) is 2.92. The van der Waals surface area contributed by atoms with Gasteiger partial charge in [0, 0.05) is 24.2 Å². The zero-order valence-electron chi connectivity index (χ0n) is 16.6. The monoisotopic (exact) mass is 380 g/mol. The Bertz CT molecular complexity index is 834. The van der Waals surface area contributed by atoms with Gasteiger partial charge < -0.3 is 15.0 Å². The third-order valence-electron chi connectivity index (χ3n) is 5.13. The highest BCUT2D eigenvalue weighted by Crippen LogP contribution is 2.17. The Morgan fingerprint density at radius 1 is 1.18 bits per heavy atom. The van der Waals surface area contributed by atoms with E-state index in [1.165, 1.54) is 11.1 Å². The fourth-order valence-corrected chi connectivity index (χ4v) is 3.48. The number of anilines is 1. The molecule has 0 radical (unpaired) electrons. The normalized spacial score (nSPS) is 16.6. The molecule has 0 spiro atoms. The van der Waals surface area contributed by atoms with Crippen molar-refractivity contribution in [3.63, 3.8) is 0 Å². The molecular formula is C23H28N2O3. The van der Waals surface area contributed by atoms with Crippen molar-refractivity contribution in [3.8, 4) is 0 Å². The SMILES string of the molecule is Cc1ccccc1CCCC(=O)Nc1cccc(C(=O)N2CCOCC2C)c1. The number of aryl methyl sites for hydroxylation is 2. The second kappa shape index (κ2) is 9.51. The van der Waals surface area contributed by atoms with Gasteiger partial charge in [-0.2, -0.15) is 0 Å². The fraction of sp³-hybridized carbons (Fsp3) is 0.391. The molecule has 0 saturated carbocycles. The molecule has 148 valence electrons. The molecule has 5 heteroatoms. The number of nitrogens with one attached hydrogen (secondary N) is 1. The van der Waals surface area contributed by atoms with Crippen molar-refractivity contribution in [2.24, 2.45) is 0 Å². The largest absolute Gasteiger partial charge is 0.377 e. The number of nitrogens with zero attached hydrogens (tertiary/aromatic N) is 1. The van der Waals surface area contributed by atoms with Crippen LogP contribution in [0.3, 0.4) is 0 Å². The third-order valence-corrected chi connectivity index (χ3v) is 5.13. The number of carbonyl (C=O) groups is 2. The van der Waals surface area contributed by atoms with E-state index in [4.69, 9.17) is 4.74 Å². The molecule has 28 heavy (non-hydrogen) atoms. The Hall–Kier alpha value is -2.66. The highest BCUT2D eigenvalue weighted by atomic mass is 16.5. The lowest BCUT2D eigenvalue weighted by atomic mass is 10.0. The lowest BCUT2D eigenvalue weighted by Gasteiger charge is -2.33. The van der Waals surface area contributed by atoms with Gasteiger partial charge in [0.05, 0.1) is 19.3 Å². The Labute approximate surface area is 166 Å². The van der Waals surface area contributed by atoms with E-state index in [-0.39, 0.29) is 17.9 Å². The van der Waals surface area contributed by atoms with Gasteiger partial charge in [-0.3, -0.25) is 9.59 Å². The quantitative estimate of drug-likeness (QED) is 0.829. The maximum Gasteiger partial charge on any atom is 0.254 e. The Balaban J connectivity index is 1.54. The van der Waals surface area contributed by atoms with Crippen molar-refractivity contribution >= 4 is 17.5 Å². The number of hydrogen-bond acceptors (Lipinski definition) is 3. The first-order chi connectivity index (χ1) is 13.5. The van der Waals surface area contributed by atoms with E-state index >= 15 is 0 Å². The van der Waals surface area contributed by atoms with Crippen LogP contribution in [0.15, 0.2) is 48.5 Å². The minimum atomic E-state index is -0.0297. The summed E-state index contributed by atoms with van der Waals surface area (Å²) in [6, 6.07) is 15.5. The smallest absolute Gasteiger partial charge is 0.254 e. The van der Waals surface area contributed by atoms with Gasteiger partial charge >= 0.3 is 0 Å². The van der Waals surface area contributed by atoms with Crippen LogP contribution in [0.1, 0.15) is 41.3 Å². The van der Waals surface area contributed by atoms with E-state index in [1.807, 2.05) is 30.0 Å². The van der Waals surface area contributed by atoms with E-state index in [9.17, 15) is 9.59 Å². The molecule has 3 rings (SSSR count). The standard InChI is InChI=1S/C23H28N2O3/c1-17-7-3-4-8-19(17)9-6-12-22(26)24-21-11-5-10-20(15-21)23(27)25-13-14-28-16-18(25)2/h3-5,7-8,10-11,15,18H,6,9,12-14,16H2,1-2H3,(H,24,26). The summed E-state index contributed by atoms with van der Waals surface area (Å²) in [5.41, 5.74) is 3.79. The average molecular weight is 380 g/mol. The molecule has 1 fully saturated rings. The van der Waals surface area contributed by atoms with Gasteiger partial charge in [-0.1, -0.05) is 30.3 Å². The molecule has 1 unspecified atom stereocenters. The van der Waals surface area contributed by atoms with Crippen molar-refractivity contribution in [2.45, 2.75) is 39.2 Å². The van der Waals surface area contributed by atoms with Crippen LogP contribution in [0.25, 0.3) is 0 Å². The van der Waals surface area contributed by atoms with E-state index in [1.54, 1.807) is 18.2 Å². The summed E-state index contributed by atoms with van der Waals surface area (Å²) in [6.07, 6.45) is 2.13. The second-order valence-corrected chi connectivity index (χ2v) is 7.33. The predicted octanol–water partition coefficient (Wildman–Crippen LogP) is 3.82. The number of morpholine rings is 1. The van der Waals surface area contributed by atoms with Crippen LogP contribution in [-0.2, 0) is 16.0 Å². The number of hydrogen-bond donors (Lipinski definition) is 1. The highest BCUT2D eigenvalue weighted by Gasteiger charge is 2.24. The molecule has 5 nitrogen and oxygen atoms in total. The van der Waals surface area contributed by atoms with Crippen molar-refractivity contribution in [1.82, 2.24) is 4.90 Å². The zero-order chi connectivity index (χ0) is 19.9. The molecule has 1 atom stereocenters. The third kappa shape index (κ3) is 5.20. The second-order valence-electron chi connectivity index (χ2n) is 7.33. The molecule has 2 aromatic carbocycles. The molecule has 2 aromatic rings. The molecule has 0 aromatic heterocycles. The van der Waals surface area contributed by atoms with Gasteiger partial charge in [0.15, 0.2) is 0 Å². The van der Waals surface area contributed by atoms with Gasteiger partial charge in [-0.15, -0.1) is 0 Å². The van der Waals surface area contributed by atoms with Gasteiger partial charge in [0.25, 0.3) is 5.91 Å². The van der Waals surface area contributed by atoms with Gasteiger partial charge in [-0.25, -0.2) is 0 Å². The minimum absolute atomic E-state index is 0.0218. The predicted molar refractivity (Wildman–Crippen MR) is 111 cm³/mol.